The molecule has 23 heavy (non-hydrogen) atoms. The van der Waals surface area contributed by atoms with Crippen LogP contribution in [0, 0.1) is 0 Å². The summed E-state index contributed by atoms with van der Waals surface area (Å²) in [6.45, 7) is 5.37. The maximum absolute atomic E-state index is 12.1. The van der Waals surface area contributed by atoms with Crippen LogP contribution in [0.1, 0.15) is 19.4 Å². The van der Waals surface area contributed by atoms with Crippen LogP contribution in [0.4, 0.5) is 0 Å². The van der Waals surface area contributed by atoms with E-state index in [1.165, 1.54) is 21.6 Å². The van der Waals surface area contributed by atoms with Gasteiger partial charge in [-0.15, -0.1) is 16.4 Å². The summed E-state index contributed by atoms with van der Waals surface area (Å²) >= 11 is 1.50. The molecule has 0 amide bonds. The molecule has 0 aliphatic rings. The lowest BCUT2D eigenvalue weighted by Gasteiger charge is -2.25. The molecule has 3 aromatic rings. The summed E-state index contributed by atoms with van der Waals surface area (Å²) in [6, 6.07) is 14.3. The van der Waals surface area contributed by atoms with Gasteiger partial charge < -0.3 is 4.42 Å². The van der Waals surface area contributed by atoms with Crippen LogP contribution in [0.2, 0.25) is 0 Å². The zero-order valence-electron chi connectivity index (χ0n) is 13.2. The Hall–Kier alpha value is -2.18. The van der Waals surface area contributed by atoms with E-state index in [1.807, 2.05) is 35.7 Å². The Bertz CT molecular complexity index is 791. The maximum Gasteiger partial charge on any atom is 0.438 e. The molecule has 0 N–H and O–H groups in total. The van der Waals surface area contributed by atoms with Crippen LogP contribution in [-0.4, -0.2) is 20.7 Å². The topological polar surface area (TPSA) is 51.3 Å². The Labute approximate surface area is 138 Å². The SMILES string of the molecule is CC(C)N(Cc1ccccc1)Cn1nc(-c2cccs2)oc1=O. The number of nitrogens with zero attached hydrogens (tertiary/aromatic N) is 3. The summed E-state index contributed by atoms with van der Waals surface area (Å²) in [4.78, 5) is 15.1. The molecule has 2 heterocycles. The summed E-state index contributed by atoms with van der Waals surface area (Å²) in [6.07, 6.45) is 0. The first-order valence-corrected chi connectivity index (χ1v) is 8.41. The highest BCUT2D eigenvalue weighted by Crippen LogP contribution is 2.21. The third-order valence-electron chi connectivity index (χ3n) is 3.61. The Morgan fingerprint density at radius 3 is 2.65 bits per heavy atom. The molecule has 0 aliphatic heterocycles. The standard InChI is InChI=1S/C17H19N3O2S/c1-13(2)19(11-14-7-4-3-5-8-14)12-20-17(21)22-16(18-20)15-9-6-10-23-15/h3-10,13H,11-12H2,1-2H3. The van der Waals surface area contributed by atoms with E-state index >= 15 is 0 Å². The van der Waals surface area contributed by atoms with Crippen molar-refractivity contribution in [3.05, 3.63) is 64.0 Å². The Kier molecular flexibility index (Phi) is 4.73. The van der Waals surface area contributed by atoms with Crippen molar-refractivity contribution in [3.8, 4) is 10.8 Å². The summed E-state index contributed by atoms with van der Waals surface area (Å²) in [7, 11) is 0. The molecule has 0 unspecified atom stereocenters. The van der Waals surface area contributed by atoms with E-state index in [9.17, 15) is 4.79 Å². The number of aromatic nitrogens is 2. The summed E-state index contributed by atoms with van der Waals surface area (Å²) in [5.41, 5.74) is 1.20. The zero-order chi connectivity index (χ0) is 16.2. The zero-order valence-corrected chi connectivity index (χ0v) is 14.0. The third-order valence-corrected chi connectivity index (χ3v) is 4.47. The predicted octanol–water partition coefficient (Wildman–Crippen LogP) is 3.43. The van der Waals surface area contributed by atoms with Crippen LogP contribution in [0.15, 0.2) is 57.1 Å². The Balaban J connectivity index is 1.79. The molecule has 0 radical (unpaired) electrons. The highest BCUT2D eigenvalue weighted by molar-refractivity contribution is 7.13. The van der Waals surface area contributed by atoms with Crippen LogP contribution in [0.3, 0.4) is 0 Å². The van der Waals surface area contributed by atoms with E-state index in [1.54, 1.807) is 0 Å². The molecule has 0 bridgehead atoms. The van der Waals surface area contributed by atoms with Gasteiger partial charge in [-0.3, -0.25) is 4.90 Å². The number of thiophene rings is 1. The Morgan fingerprint density at radius 1 is 1.22 bits per heavy atom. The summed E-state index contributed by atoms with van der Waals surface area (Å²) < 4.78 is 6.66. The number of rotatable bonds is 6. The average Bonchev–Trinajstić information content (AvgIpc) is 3.18. The minimum Gasteiger partial charge on any atom is -0.387 e. The van der Waals surface area contributed by atoms with Crippen LogP contribution in [-0.2, 0) is 13.2 Å². The van der Waals surface area contributed by atoms with E-state index in [2.05, 4.69) is 36.0 Å². The lowest BCUT2D eigenvalue weighted by Crippen LogP contribution is -2.35. The fourth-order valence-electron chi connectivity index (χ4n) is 2.28. The highest BCUT2D eigenvalue weighted by atomic mass is 32.1. The molecule has 2 aromatic heterocycles. The minimum atomic E-state index is -0.424. The van der Waals surface area contributed by atoms with Crippen molar-refractivity contribution in [2.24, 2.45) is 0 Å². The fraction of sp³-hybridized carbons (Fsp3) is 0.294. The first-order chi connectivity index (χ1) is 11.1. The fourth-order valence-corrected chi connectivity index (χ4v) is 2.93. The first kappa shape index (κ1) is 15.7. The van der Waals surface area contributed by atoms with Gasteiger partial charge in [-0.2, -0.15) is 4.68 Å². The first-order valence-electron chi connectivity index (χ1n) is 7.53. The lowest BCUT2D eigenvalue weighted by molar-refractivity contribution is 0.149. The van der Waals surface area contributed by atoms with Crippen LogP contribution in [0.5, 0.6) is 0 Å². The van der Waals surface area contributed by atoms with Gasteiger partial charge >= 0.3 is 5.76 Å². The van der Waals surface area contributed by atoms with Crippen molar-refractivity contribution in [2.75, 3.05) is 0 Å². The van der Waals surface area contributed by atoms with Gasteiger partial charge in [0.05, 0.1) is 4.88 Å². The number of benzene rings is 1. The average molecular weight is 329 g/mol. The predicted molar refractivity (Wildman–Crippen MR) is 91.2 cm³/mol. The van der Waals surface area contributed by atoms with Gasteiger partial charge in [0.25, 0.3) is 5.89 Å². The van der Waals surface area contributed by atoms with Gasteiger partial charge in [0.1, 0.15) is 6.67 Å². The van der Waals surface area contributed by atoms with Crippen molar-refractivity contribution < 1.29 is 4.42 Å². The van der Waals surface area contributed by atoms with Gasteiger partial charge in [-0.1, -0.05) is 36.4 Å². The molecule has 0 spiro atoms. The molecule has 0 aliphatic carbocycles. The second kappa shape index (κ2) is 6.93. The van der Waals surface area contributed by atoms with Crippen LogP contribution in [0.25, 0.3) is 10.8 Å². The van der Waals surface area contributed by atoms with Crippen molar-refractivity contribution in [2.45, 2.75) is 33.1 Å². The number of hydrogen-bond acceptors (Lipinski definition) is 5. The second-order valence-electron chi connectivity index (χ2n) is 5.62. The van der Waals surface area contributed by atoms with Crippen molar-refractivity contribution in [1.29, 1.82) is 0 Å². The second-order valence-corrected chi connectivity index (χ2v) is 6.57. The highest BCUT2D eigenvalue weighted by Gasteiger charge is 2.16. The largest absolute Gasteiger partial charge is 0.438 e. The lowest BCUT2D eigenvalue weighted by atomic mass is 10.2. The van der Waals surface area contributed by atoms with Crippen LogP contribution < -0.4 is 5.76 Å². The molecular weight excluding hydrogens is 310 g/mol. The van der Waals surface area contributed by atoms with Crippen molar-refractivity contribution >= 4 is 11.3 Å². The van der Waals surface area contributed by atoms with Gasteiger partial charge in [0, 0.05) is 12.6 Å². The smallest absolute Gasteiger partial charge is 0.387 e. The molecule has 0 atom stereocenters. The molecule has 120 valence electrons. The Morgan fingerprint density at radius 2 is 2.00 bits per heavy atom. The van der Waals surface area contributed by atoms with Gasteiger partial charge in [-0.05, 0) is 30.9 Å². The molecule has 5 nitrogen and oxygen atoms in total. The molecule has 3 rings (SSSR count). The minimum absolute atomic E-state index is 0.281. The van der Waals surface area contributed by atoms with E-state index < -0.39 is 5.76 Å². The summed E-state index contributed by atoms with van der Waals surface area (Å²) in [5.74, 6) is -0.0412. The molecule has 0 saturated carbocycles. The van der Waals surface area contributed by atoms with Crippen molar-refractivity contribution in [3.63, 3.8) is 0 Å². The van der Waals surface area contributed by atoms with E-state index in [4.69, 9.17) is 4.42 Å². The van der Waals surface area contributed by atoms with Crippen molar-refractivity contribution in [1.82, 2.24) is 14.7 Å². The normalized spacial score (nSPS) is 11.5. The quantitative estimate of drug-likeness (QED) is 0.695. The third kappa shape index (κ3) is 3.78. The number of hydrogen-bond donors (Lipinski definition) is 0. The van der Waals surface area contributed by atoms with E-state index in [0.717, 1.165) is 11.4 Å². The monoisotopic (exact) mass is 329 g/mol. The molecule has 0 saturated heterocycles. The summed E-state index contributed by atoms with van der Waals surface area (Å²) in [5, 5.41) is 6.26. The van der Waals surface area contributed by atoms with Gasteiger partial charge in [0.15, 0.2) is 0 Å². The van der Waals surface area contributed by atoms with Gasteiger partial charge in [0.2, 0.25) is 0 Å². The molecule has 0 fully saturated rings. The molecule has 6 heteroatoms. The maximum atomic E-state index is 12.1. The van der Waals surface area contributed by atoms with Gasteiger partial charge in [-0.25, -0.2) is 4.79 Å². The van der Waals surface area contributed by atoms with Crippen LogP contribution >= 0.6 is 11.3 Å². The molecular formula is C17H19N3O2S. The molecule has 1 aromatic carbocycles. The van der Waals surface area contributed by atoms with E-state index in [0.29, 0.717) is 12.6 Å². The van der Waals surface area contributed by atoms with E-state index in [-0.39, 0.29) is 6.04 Å².